The summed E-state index contributed by atoms with van der Waals surface area (Å²) in [5, 5.41) is 13.5. The number of phenolic OH excluding ortho intramolecular Hbond substituents is 1. The number of aromatic hydroxyl groups is 1. The second kappa shape index (κ2) is 6.95. The molecule has 26 heavy (non-hydrogen) atoms. The molecule has 0 aromatic heterocycles. The lowest BCUT2D eigenvalue weighted by atomic mass is 9.75. The summed E-state index contributed by atoms with van der Waals surface area (Å²) in [6.45, 7) is 8.88. The highest BCUT2D eigenvalue weighted by atomic mass is 19.1. The zero-order chi connectivity index (χ0) is 19.1. The summed E-state index contributed by atoms with van der Waals surface area (Å²) in [6.07, 6.45) is 1.39. The number of piperidine rings is 1. The summed E-state index contributed by atoms with van der Waals surface area (Å²) >= 11 is 0. The van der Waals surface area contributed by atoms with E-state index in [1.54, 1.807) is 0 Å². The van der Waals surface area contributed by atoms with Gasteiger partial charge in [-0.2, -0.15) is 0 Å². The van der Waals surface area contributed by atoms with Crippen LogP contribution in [0.1, 0.15) is 46.1 Å². The van der Waals surface area contributed by atoms with E-state index in [9.17, 15) is 9.50 Å². The summed E-state index contributed by atoms with van der Waals surface area (Å²) in [4.78, 5) is 0. The van der Waals surface area contributed by atoms with Crippen LogP contribution in [0.2, 0.25) is 0 Å². The first-order chi connectivity index (χ1) is 12.1. The van der Waals surface area contributed by atoms with Crippen LogP contribution >= 0.6 is 0 Å². The van der Waals surface area contributed by atoms with Crippen molar-refractivity contribution in [3.8, 4) is 5.75 Å². The van der Waals surface area contributed by atoms with Crippen LogP contribution in [0.15, 0.2) is 23.9 Å². The molecule has 4 nitrogen and oxygen atoms in total. The van der Waals surface area contributed by atoms with Crippen LogP contribution < -0.4 is 5.32 Å². The van der Waals surface area contributed by atoms with Crippen molar-refractivity contribution < 1.29 is 23.2 Å². The van der Waals surface area contributed by atoms with Gasteiger partial charge in [-0.05, 0) is 83.3 Å². The Morgan fingerprint density at radius 2 is 1.73 bits per heavy atom. The molecule has 2 heterocycles. The first-order valence-electron chi connectivity index (χ1n) is 9.07. The first-order valence-corrected chi connectivity index (χ1v) is 9.07. The highest BCUT2D eigenvalue weighted by Crippen LogP contribution is 2.44. The lowest BCUT2D eigenvalue weighted by molar-refractivity contribution is 0.00578. The minimum absolute atomic E-state index is 0.147. The monoisotopic (exact) mass is 365 g/mol. The molecule has 1 aromatic carbocycles. The maximum atomic E-state index is 15.6. The molecule has 2 N–H and O–H groups in total. The van der Waals surface area contributed by atoms with E-state index in [0.717, 1.165) is 19.2 Å². The summed E-state index contributed by atoms with van der Waals surface area (Å²) in [5.74, 6) is -0.819. The lowest BCUT2D eigenvalue weighted by Gasteiger charge is -2.32. The third-order valence-corrected chi connectivity index (χ3v) is 5.71. The number of phenols is 1. The van der Waals surface area contributed by atoms with E-state index in [2.05, 4.69) is 5.32 Å². The van der Waals surface area contributed by atoms with E-state index in [0.29, 0.717) is 12.8 Å². The Morgan fingerprint density at radius 3 is 2.31 bits per heavy atom. The van der Waals surface area contributed by atoms with Crippen LogP contribution in [-0.4, -0.2) is 36.5 Å². The van der Waals surface area contributed by atoms with Crippen molar-refractivity contribution in [3.05, 3.63) is 35.3 Å². The normalized spacial score (nSPS) is 23.8. The van der Waals surface area contributed by atoms with E-state index in [-0.39, 0.29) is 22.8 Å². The zero-order valence-corrected chi connectivity index (χ0v) is 15.7. The molecule has 0 radical (unpaired) electrons. The molecule has 2 aliphatic rings. The maximum absolute atomic E-state index is 15.6. The Bertz CT molecular complexity index is 699. The quantitative estimate of drug-likeness (QED) is 0.800. The van der Waals surface area contributed by atoms with Crippen molar-refractivity contribution in [2.45, 2.75) is 51.7 Å². The fourth-order valence-electron chi connectivity index (χ4n) is 3.45. The molecule has 0 spiro atoms. The zero-order valence-electron chi connectivity index (χ0n) is 15.7. The van der Waals surface area contributed by atoms with Gasteiger partial charge >= 0.3 is 7.12 Å². The standard InChI is InChI=1S/C19H26BF2NO3/c1-18(2)19(3,4)26-20(25-18)17(22)16(12-7-9-23-10-8-12)14-11-13(21)5-6-15(14)24/h5-6,11-12,23-24H,7-10H2,1-4H3. The molecule has 2 aliphatic heterocycles. The largest absolute Gasteiger partial charge is 0.525 e. The number of halogens is 2. The van der Waals surface area contributed by atoms with Gasteiger partial charge in [0.2, 0.25) is 0 Å². The molecule has 0 aliphatic carbocycles. The van der Waals surface area contributed by atoms with Gasteiger partial charge in [0.15, 0.2) is 0 Å². The summed E-state index contributed by atoms with van der Waals surface area (Å²) in [7, 11) is -1.17. The average molecular weight is 365 g/mol. The molecule has 0 atom stereocenters. The second-order valence-electron chi connectivity index (χ2n) is 8.04. The van der Waals surface area contributed by atoms with E-state index in [1.807, 2.05) is 27.7 Å². The molecule has 0 saturated carbocycles. The molecule has 0 bridgehead atoms. The summed E-state index contributed by atoms with van der Waals surface area (Å²) in [6, 6.07) is 3.59. The van der Waals surface area contributed by atoms with Gasteiger partial charge in [-0.15, -0.1) is 0 Å². The third kappa shape index (κ3) is 3.52. The Morgan fingerprint density at radius 1 is 1.15 bits per heavy atom. The van der Waals surface area contributed by atoms with Gasteiger partial charge in [-0.1, -0.05) is 0 Å². The van der Waals surface area contributed by atoms with Gasteiger partial charge in [-0.3, -0.25) is 0 Å². The Kier molecular flexibility index (Phi) is 5.16. The molecule has 7 heteroatoms. The average Bonchev–Trinajstić information content (AvgIpc) is 2.80. The van der Waals surface area contributed by atoms with Gasteiger partial charge in [-0.25, -0.2) is 8.78 Å². The van der Waals surface area contributed by atoms with Crippen molar-refractivity contribution in [1.29, 1.82) is 0 Å². The predicted molar refractivity (Wildman–Crippen MR) is 97.8 cm³/mol. The lowest BCUT2D eigenvalue weighted by Crippen LogP contribution is -2.41. The molecular weight excluding hydrogens is 339 g/mol. The van der Waals surface area contributed by atoms with Crippen molar-refractivity contribution in [2.75, 3.05) is 13.1 Å². The van der Waals surface area contributed by atoms with Crippen molar-refractivity contribution >= 4 is 12.7 Å². The van der Waals surface area contributed by atoms with Gasteiger partial charge in [0.1, 0.15) is 17.3 Å². The van der Waals surface area contributed by atoms with Crippen molar-refractivity contribution in [3.63, 3.8) is 0 Å². The predicted octanol–water partition coefficient (Wildman–Crippen LogP) is 3.84. The van der Waals surface area contributed by atoms with E-state index in [4.69, 9.17) is 9.31 Å². The minimum Gasteiger partial charge on any atom is -0.507 e. The number of allylic oxidation sites excluding steroid dienone is 1. The van der Waals surface area contributed by atoms with Crippen LogP contribution in [0.5, 0.6) is 5.75 Å². The van der Waals surface area contributed by atoms with Crippen LogP contribution in [-0.2, 0) is 9.31 Å². The molecule has 1 aromatic rings. The topological polar surface area (TPSA) is 50.7 Å². The number of benzene rings is 1. The molecule has 0 unspecified atom stereocenters. The molecular formula is C19H26BF2NO3. The van der Waals surface area contributed by atoms with Gasteiger partial charge < -0.3 is 19.7 Å². The highest BCUT2D eigenvalue weighted by Gasteiger charge is 2.54. The summed E-state index contributed by atoms with van der Waals surface area (Å²) in [5.41, 5.74) is -1.50. The number of rotatable bonds is 3. The summed E-state index contributed by atoms with van der Waals surface area (Å²) < 4.78 is 41.1. The van der Waals surface area contributed by atoms with E-state index >= 15 is 4.39 Å². The van der Waals surface area contributed by atoms with Crippen molar-refractivity contribution in [2.24, 2.45) is 5.92 Å². The van der Waals surface area contributed by atoms with Crippen LogP contribution in [0.25, 0.3) is 5.57 Å². The van der Waals surface area contributed by atoms with Crippen molar-refractivity contribution in [1.82, 2.24) is 5.32 Å². The van der Waals surface area contributed by atoms with Crippen LogP contribution in [0.4, 0.5) is 8.78 Å². The first kappa shape index (κ1) is 19.3. The highest BCUT2D eigenvalue weighted by molar-refractivity contribution is 6.55. The SMILES string of the molecule is CC1(C)OB(C(F)=C(c2cc(F)ccc2O)C2CCNCC2)OC1(C)C. The molecule has 2 saturated heterocycles. The molecule has 3 rings (SSSR count). The number of hydrogen-bond acceptors (Lipinski definition) is 4. The fourth-order valence-corrected chi connectivity index (χ4v) is 3.45. The second-order valence-corrected chi connectivity index (χ2v) is 8.04. The Hall–Kier alpha value is -1.44. The molecule has 2 fully saturated rings. The van der Waals surface area contributed by atoms with Gasteiger partial charge in [0, 0.05) is 5.56 Å². The minimum atomic E-state index is -1.17. The third-order valence-electron chi connectivity index (χ3n) is 5.71. The fraction of sp³-hybridized carbons (Fsp3) is 0.579. The van der Waals surface area contributed by atoms with Crippen LogP contribution in [0, 0.1) is 11.7 Å². The number of hydrogen-bond donors (Lipinski definition) is 2. The smallest absolute Gasteiger partial charge is 0.507 e. The van der Waals surface area contributed by atoms with Crippen LogP contribution in [0.3, 0.4) is 0 Å². The maximum Gasteiger partial charge on any atom is 0.525 e. The van der Waals surface area contributed by atoms with E-state index in [1.165, 1.54) is 12.1 Å². The molecule has 142 valence electrons. The van der Waals surface area contributed by atoms with Gasteiger partial charge in [0.05, 0.1) is 11.2 Å². The Balaban J connectivity index is 2.07. The molecule has 0 amide bonds. The Labute approximate surface area is 153 Å². The number of nitrogens with one attached hydrogen (secondary N) is 1. The van der Waals surface area contributed by atoms with Gasteiger partial charge in [0.25, 0.3) is 0 Å². The van der Waals surface area contributed by atoms with E-state index < -0.39 is 29.9 Å².